The van der Waals surface area contributed by atoms with Crippen molar-refractivity contribution in [1.82, 2.24) is 25.4 Å². The summed E-state index contributed by atoms with van der Waals surface area (Å²) in [5.74, 6) is 0.495. The van der Waals surface area contributed by atoms with Crippen molar-refractivity contribution in [3.63, 3.8) is 0 Å². The first-order chi connectivity index (χ1) is 11.6. The minimum Gasteiger partial charge on any atom is -0.341 e. The molecule has 1 heterocycles. The molecule has 0 unspecified atom stereocenters. The van der Waals surface area contributed by atoms with E-state index in [9.17, 15) is 9.59 Å². The summed E-state index contributed by atoms with van der Waals surface area (Å²) in [6.07, 6.45) is 0.913. The molecule has 0 radical (unpaired) electrons. The molecule has 2 rings (SSSR count). The maximum atomic E-state index is 11.8. The molecule has 8 heteroatoms. The quantitative estimate of drug-likeness (QED) is 0.784. The summed E-state index contributed by atoms with van der Waals surface area (Å²) in [7, 11) is 1.46. The van der Waals surface area contributed by atoms with E-state index in [4.69, 9.17) is 0 Å². The number of imide groups is 1. The van der Waals surface area contributed by atoms with Crippen LogP contribution in [0.25, 0.3) is 11.4 Å². The molecule has 2 N–H and O–H groups in total. The van der Waals surface area contributed by atoms with Crippen LogP contribution in [0.5, 0.6) is 0 Å². The van der Waals surface area contributed by atoms with Gasteiger partial charge in [-0.05, 0) is 13.3 Å². The third-order valence-corrected chi connectivity index (χ3v) is 4.48. The van der Waals surface area contributed by atoms with Crippen molar-refractivity contribution in [2.24, 2.45) is 0 Å². The summed E-state index contributed by atoms with van der Waals surface area (Å²) in [5.41, 5.74) is 0.979. The molecule has 1 atom stereocenters. The van der Waals surface area contributed by atoms with Gasteiger partial charge in [0.2, 0.25) is 5.91 Å². The highest BCUT2D eigenvalue weighted by molar-refractivity contribution is 7.99. The van der Waals surface area contributed by atoms with Gasteiger partial charge in [-0.25, -0.2) is 4.79 Å². The highest BCUT2D eigenvalue weighted by Gasteiger charge is 2.19. The fourth-order valence-electron chi connectivity index (χ4n) is 2.09. The van der Waals surface area contributed by atoms with Crippen molar-refractivity contribution >= 4 is 23.7 Å². The molecule has 24 heavy (non-hydrogen) atoms. The first kappa shape index (κ1) is 18.0. The number of amides is 3. The molecule has 0 saturated heterocycles. The third-order valence-electron chi connectivity index (χ3n) is 3.54. The summed E-state index contributed by atoms with van der Waals surface area (Å²) in [5, 5.41) is 13.8. The van der Waals surface area contributed by atoms with Crippen molar-refractivity contribution in [1.29, 1.82) is 0 Å². The van der Waals surface area contributed by atoms with Crippen LogP contribution in [0.4, 0.5) is 4.79 Å². The monoisotopic (exact) mass is 347 g/mol. The average Bonchev–Trinajstić information content (AvgIpc) is 3.03. The number of aromatic nitrogens is 3. The van der Waals surface area contributed by atoms with Crippen molar-refractivity contribution < 1.29 is 9.59 Å². The van der Waals surface area contributed by atoms with Gasteiger partial charge in [0.05, 0.1) is 5.75 Å². The SMILES string of the molecule is CC[C@H](C)n1c(SCC(=O)NC(=O)NC)nnc1-c1ccccc1. The lowest BCUT2D eigenvalue weighted by molar-refractivity contribution is -0.117. The van der Waals surface area contributed by atoms with Gasteiger partial charge >= 0.3 is 6.03 Å². The van der Waals surface area contributed by atoms with E-state index in [1.54, 1.807) is 0 Å². The zero-order valence-corrected chi connectivity index (χ0v) is 14.8. The van der Waals surface area contributed by atoms with Crippen molar-refractivity contribution in [2.75, 3.05) is 12.8 Å². The van der Waals surface area contributed by atoms with Crippen LogP contribution in [0.2, 0.25) is 0 Å². The average molecular weight is 347 g/mol. The number of hydrogen-bond donors (Lipinski definition) is 2. The van der Waals surface area contributed by atoms with Gasteiger partial charge in [-0.1, -0.05) is 49.0 Å². The fourth-order valence-corrected chi connectivity index (χ4v) is 2.93. The summed E-state index contributed by atoms with van der Waals surface area (Å²) in [6.45, 7) is 4.18. The number of nitrogens with zero attached hydrogens (tertiary/aromatic N) is 3. The Morgan fingerprint density at radius 3 is 2.58 bits per heavy atom. The van der Waals surface area contributed by atoms with Gasteiger partial charge in [-0.15, -0.1) is 10.2 Å². The zero-order valence-electron chi connectivity index (χ0n) is 13.9. The van der Waals surface area contributed by atoms with E-state index in [0.717, 1.165) is 17.8 Å². The van der Waals surface area contributed by atoms with E-state index in [0.29, 0.717) is 5.16 Å². The normalized spacial score (nSPS) is 11.8. The lowest BCUT2D eigenvalue weighted by atomic mass is 10.2. The van der Waals surface area contributed by atoms with Crippen LogP contribution >= 0.6 is 11.8 Å². The van der Waals surface area contributed by atoms with Crippen LogP contribution in [0.1, 0.15) is 26.3 Å². The molecular formula is C16H21N5O2S. The lowest BCUT2D eigenvalue weighted by Crippen LogP contribution is -2.38. The summed E-state index contributed by atoms with van der Waals surface area (Å²) >= 11 is 1.26. The predicted octanol–water partition coefficient (Wildman–Crippen LogP) is 2.46. The zero-order chi connectivity index (χ0) is 17.5. The molecule has 128 valence electrons. The second-order valence-electron chi connectivity index (χ2n) is 5.22. The molecule has 0 aliphatic carbocycles. The molecule has 0 spiro atoms. The Kier molecular flexibility index (Phi) is 6.36. The molecule has 0 bridgehead atoms. The predicted molar refractivity (Wildman–Crippen MR) is 93.8 cm³/mol. The van der Waals surface area contributed by atoms with Gasteiger partial charge in [0.1, 0.15) is 0 Å². The summed E-state index contributed by atoms with van der Waals surface area (Å²) in [6, 6.07) is 9.49. The minimum absolute atomic E-state index is 0.0940. The van der Waals surface area contributed by atoms with E-state index in [2.05, 4.69) is 34.7 Å². The molecular weight excluding hydrogens is 326 g/mol. The Labute approximate surface area is 145 Å². The maximum absolute atomic E-state index is 11.8. The molecule has 0 fully saturated rings. The van der Waals surface area contributed by atoms with Gasteiger partial charge in [0.25, 0.3) is 0 Å². The number of thioether (sulfide) groups is 1. The van der Waals surface area contributed by atoms with Gasteiger partial charge in [0.15, 0.2) is 11.0 Å². The maximum Gasteiger partial charge on any atom is 0.321 e. The lowest BCUT2D eigenvalue weighted by Gasteiger charge is -2.16. The largest absolute Gasteiger partial charge is 0.341 e. The Morgan fingerprint density at radius 2 is 1.96 bits per heavy atom. The van der Waals surface area contributed by atoms with Gasteiger partial charge in [-0.3, -0.25) is 14.7 Å². The van der Waals surface area contributed by atoms with E-state index < -0.39 is 6.03 Å². The summed E-state index contributed by atoms with van der Waals surface area (Å²) < 4.78 is 2.03. The Hall–Kier alpha value is -2.35. The number of nitrogens with one attached hydrogen (secondary N) is 2. The molecule has 0 aliphatic heterocycles. The highest BCUT2D eigenvalue weighted by atomic mass is 32.2. The van der Waals surface area contributed by atoms with Crippen LogP contribution in [-0.2, 0) is 4.79 Å². The van der Waals surface area contributed by atoms with Crippen LogP contribution in [0, 0.1) is 0 Å². The van der Waals surface area contributed by atoms with Crippen LogP contribution < -0.4 is 10.6 Å². The fraction of sp³-hybridized carbons (Fsp3) is 0.375. The molecule has 2 aromatic rings. The second-order valence-corrected chi connectivity index (χ2v) is 6.16. The first-order valence-electron chi connectivity index (χ1n) is 7.71. The number of rotatable bonds is 6. The molecule has 0 saturated carbocycles. The van der Waals surface area contributed by atoms with Crippen molar-refractivity contribution in [3.05, 3.63) is 30.3 Å². The van der Waals surface area contributed by atoms with Crippen LogP contribution in [0.15, 0.2) is 35.5 Å². The van der Waals surface area contributed by atoms with E-state index >= 15 is 0 Å². The topological polar surface area (TPSA) is 88.9 Å². The number of urea groups is 1. The van der Waals surface area contributed by atoms with Gasteiger partial charge < -0.3 is 5.32 Å². The van der Waals surface area contributed by atoms with E-state index in [-0.39, 0.29) is 17.7 Å². The molecule has 1 aromatic carbocycles. The van der Waals surface area contributed by atoms with Gasteiger partial charge in [0, 0.05) is 18.7 Å². The standard InChI is InChI=1S/C16H21N5O2S/c1-4-11(2)21-14(12-8-6-5-7-9-12)19-20-16(21)24-10-13(22)18-15(23)17-3/h5-9,11H,4,10H2,1-3H3,(H2,17,18,22,23)/t11-/m0/s1. The first-order valence-corrected chi connectivity index (χ1v) is 8.70. The molecule has 7 nitrogen and oxygen atoms in total. The molecule has 3 amide bonds. The highest BCUT2D eigenvalue weighted by Crippen LogP contribution is 2.28. The van der Waals surface area contributed by atoms with Crippen LogP contribution in [-0.4, -0.2) is 39.5 Å². The van der Waals surface area contributed by atoms with E-state index in [1.807, 2.05) is 34.9 Å². The summed E-state index contributed by atoms with van der Waals surface area (Å²) in [4.78, 5) is 22.9. The number of carbonyl (C=O) groups excluding carboxylic acids is 2. The minimum atomic E-state index is -0.519. The Morgan fingerprint density at radius 1 is 1.25 bits per heavy atom. The molecule has 1 aromatic heterocycles. The smallest absolute Gasteiger partial charge is 0.321 e. The van der Waals surface area contributed by atoms with Crippen molar-refractivity contribution in [3.8, 4) is 11.4 Å². The third kappa shape index (κ3) is 4.35. The van der Waals surface area contributed by atoms with Crippen molar-refractivity contribution in [2.45, 2.75) is 31.5 Å². The number of benzene rings is 1. The van der Waals surface area contributed by atoms with Gasteiger partial charge in [-0.2, -0.15) is 0 Å². The number of carbonyl (C=O) groups is 2. The molecule has 0 aliphatic rings. The second kappa shape index (κ2) is 8.49. The van der Waals surface area contributed by atoms with E-state index in [1.165, 1.54) is 18.8 Å². The Bertz CT molecular complexity index is 702. The Balaban J connectivity index is 2.20. The number of hydrogen-bond acceptors (Lipinski definition) is 5. The van der Waals surface area contributed by atoms with Crippen LogP contribution in [0.3, 0.4) is 0 Å².